The Kier molecular flexibility index (Phi) is 2.35. The topological polar surface area (TPSA) is 98.2 Å². The van der Waals surface area contributed by atoms with E-state index in [1.165, 1.54) is 0 Å². The molecule has 1 fully saturated rings. The highest BCUT2D eigenvalue weighted by atomic mass is 16.3. The Labute approximate surface area is 109 Å². The quantitative estimate of drug-likeness (QED) is 0.854. The lowest BCUT2D eigenvalue weighted by Gasteiger charge is -2.11. The molecule has 98 valence electrons. The Morgan fingerprint density at radius 2 is 2.16 bits per heavy atom. The van der Waals surface area contributed by atoms with E-state index in [9.17, 15) is 9.59 Å². The van der Waals surface area contributed by atoms with Gasteiger partial charge in [-0.1, -0.05) is 0 Å². The zero-order valence-corrected chi connectivity index (χ0v) is 10.4. The molecule has 2 heterocycles. The molecule has 0 aliphatic heterocycles. The molecule has 0 atom stereocenters. The van der Waals surface area contributed by atoms with Crippen LogP contribution in [-0.4, -0.2) is 22.3 Å². The standard InChI is InChI=1S/C13H13N3O3/c1-7-2-3-9-8(15-7)6-10(19-9)11(17)16-13(4-5-13)12(14)18/h2-3,6H,4-5H2,1H3,(H2,14,18)(H,16,17). The average molecular weight is 259 g/mol. The van der Waals surface area contributed by atoms with Gasteiger partial charge >= 0.3 is 0 Å². The molecule has 2 aromatic heterocycles. The third kappa shape index (κ3) is 1.95. The zero-order valence-electron chi connectivity index (χ0n) is 10.4. The number of hydrogen-bond acceptors (Lipinski definition) is 4. The van der Waals surface area contributed by atoms with Gasteiger partial charge in [-0.15, -0.1) is 0 Å². The summed E-state index contributed by atoms with van der Waals surface area (Å²) in [6.45, 7) is 1.86. The second-order valence-electron chi connectivity index (χ2n) is 4.85. The Hall–Kier alpha value is -2.37. The summed E-state index contributed by atoms with van der Waals surface area (Å²) in [5, 5.41) is 2.62. The number of fused-ring (bicyclic) bond motifs is 1. The van der Waals surface area contributed by atoms with Gasteiger partial charge in [0, 0.05) is 11.8 Å². The summed E-state index contributed by atoms with van der Waals surface area (Å²) >= 11 is 0. The molecule has 1 saturated carbocycles. The van der Waals surface area contributed by atoms with Crippen LogP contribution in [0.5, 0.6) is 0 Å². The minimum atomic E-state index is -0.889. The first-order valence-electron chi connectivity index (χ1n) is 6.00. The monoisotopic (exact) mass is 259 g/mol. The van der Waals surface area contributed by atoms with Crippen LogP contribution in [0.25, 0.3) is 11.1 Å². The maximum absolute atomic E-state index is 12.0. The predicted octanol–water partition coefficient (Wildman–Crippen LogP) is 0.884. The van der Waals surface area contributed by atoms with Crippen molar-refractivity contribution in [3.8, 4) is 0 Å². The number of carbonyl (C=O) groups excluding carboxylic acids is 2. The Balaban J connectivity index is 1.88. The molecule has 6 nitrogen and oxygen atoms in total. The number of amides is 2. The van der Waals surface area contributed by atoms with Crippen LogP contribution >= 0.6 is 0 Å². The van der Waals surface area contributed by atoms with Crippen LogP contribution < -0.4 is 11.1 Å². The van der Waals surface area contributed by atoms with Crippen molar-refractivity contribution < 1.29 is 14.0 Å². The van der Waals surface area contributed by atoms with Crippen molar-refractivity contribution in [2.24, 2.45) is 5.73 Å². The molecule has 0 saturated heterocycles. The van der Waals surface area contributed by atoms with Gasteiger partial charge in [-0.3, -0.25) is 9.59 Å². The molecular weight excluding hydrogens is 246 g/mol. The summed E-state index contributed by atoms with van der Waals surface area (Å²) in [6.07, 6.45) is 1.15. The summed E-state index contributed by atoms with van der Waals surface area (Å²) in [4.78, 5) is 27.5. The van der Waals surface area contributed by atoms with E-state index >= 15 is 0 Å². The van der Waals surface area contributed by atoms with E-state index in [2.05, 4.69) is 10.3 Å². The van der Waals surface area contributed by atoms with Gasteiger partial charge in [0.25, 0.3) is 5.91 Å². The fourth-order valence-corrected chi connectivity index (χ4v) is 1.97. The Morgan fingerprint density at radius 1 is 1.42 bits per heavy atom. The van der Waals surface area contributed by atoms with Gasteiger partial charge in [-0.25, -0.2) is 4.98 Å². The van der Waals surface area contributed by atoms with Gasteiger partial charge in [0.05, 0.1) is 0 Å². The second kappa shape index (κ2) is 3.81. The number of nitrogens with two attached hydrogens (primary N) is 1. The van der Waals surface area contributed by atoms with Crippen LogP contribution in [0, 0.1) is 6.92 Å². The lowest BCUT2D eigenvalue weighted by molar-refractivity contribution is -0.120. The molecule has 3 N–H and O–H groups in total. The maximum Gasteiger partial charge on any atom is 0.287 e. The van der Waals surface area contributed by atoms with Gasteiger partial charge < -0.3 is 15.5 Å². The summed E-state index contributed by atoms with van der Waals surface area (Å²) in [7, 11) is 0. The van der Waals surface area contributed by atoms with Crippen LogP contribution in [0.2, 0.25) is 0 Å². The van der Waals surface area contributed by atoms with E-state index in [0.717, 1.165) is 5.69 Å². The smallest absolute Gasteiger partial charge is 0.287 e. The molecule has 0 radical (unpaired) electrons. The summed E-state index contributed by atoms with van der Waals surface area (Å²) in [5.74, 6) is -0.807. The second-order valence-corrected chi connectivity index (χ2v) is 4.85. The number of aromatic nitrogens is 1. The number of primary amides is 1. The molecule has 2 amide bonds. The van der Waals surface area contributed by atoms with E-state index in [4.69, 9.17) is 10.2 Å². The third-order valence-electron chi connectivity index (χ3n) is 3.31. The lowest BCUT2D eigenvalue weighted by Crippen LogP contribution is -2.46. The van der Waals surface area contributed by atoms with E-state index in [1.807, 2.05) is 6.92 Å². The molecule has 0 bridgehead atoms. The van der Waals surface area contributed by atoms with E-state index in [0.29, 0.717) is 23.9 Å². The predicted molar refractivity (Wildman–Crippen MR) is 67.4 cm³/mol. The molecule has 1 aliphatic rings. The van der Waals surface area contributed by atoms with Crippen LogP contribution in [0.3, 0.4) is 0 Å². The first-order valence-corrected chi connectivity index (χ1v) is 6.00. The highest BCUT2D eigenvalue weighted by Gasteiger charge is 2.50. The number of aryl methyl sites for hydroxylation is 1. The number of carbonyl (C=O) groups is 2. The van der Waals surface area contributed by atoms with Crippen LogP contribution in [0.15, 0.2) is 22.6 Å². The van der Waals surface area contributed by atoms with Gasteiger partial charge in [0.15, 0.2) is 11.3 Å². The number of nitrogens with zero attached hydrogens (tertiary/aromatic N) is 1. The number of hydrogen-bond donors (Lipinski definition) is 2. The SMILES string of the molecule is Cc1ccc2oc(C(=O)NC3(C(N)=O)CC3)cc2n1. The van der Waals surface area contributed by atoms with Crippen molar-refractivity contribution in [2.45, 2.75) is 25.3 Å². The zero-order chi connectivity index (χ0) is 13.6. The number of pyridine rings is 1. The summed E-state index contributed by atoms with van der Waals surface area (Å²) < 4.78 is 5.41. The highest BCUT2D eigenvalue weighted by Crippen LogP contribution is 2.35. The van der Waals surface area contributed by atoms with Crippen LogP contribution in [0.1, 0.15) is 29.1 Å². The summed E-state index contributed by atoms with van der Waals surface area (Å²) in [6, 6.07) is 5.13. The molecule has 0 spiro atoms. The van der Waals surface area contributed by atoms with Gasteiger partial charge in [-0.05, 0) is 31.9 Å². The lowest BCUT2D eigenvalue weighted by atomic mass is 10.2. The van der Waals surface area contributed by atoms with Crippen LogP contribution in [0.4, 0.5) is 0 Å². The van der Waals surface area contributed by atoms with Crippen molar-refractivity contribution in [3.63, 3.8) is 0 Å². The molecule has 3 rings (SSSR count). The minimum Gasteiger partial charge on any atom is -0.449 e. The van der Waals surface area contributed by atoms with E-state index in [1.54, 1.807) is 18.2 Å². The fourth-order valence-electron chi connectivity index (χ4n) is 1.97. The van der Waals surface area contributed by atoms with Crippen molar-refractivity contribution in [3.05, 3.63) is 29.7 Å². The summed E-state index contributed by atoms with van der Waals surface area (Å²) in [5.41, 5.74) is 6.37. The number of nitrogens with one attached hydrogen (secondary N) is 1. The Bertz CT molecular complexity index is 685. The molecular formula is C13H13N3O3. The average Bonchev–Trinajstić information content (AvgIpc) is 3.01. The van der Waals surface area contributed by atoms with Crippen molar-refractivity contribution in [1.82, 2.24) is 10.3 Å². The highest BCUT2D eigenvalue weighted by molar-refractivity contribution is 6.00. The third-order valence-corrected chi connectivity index (χ3v) is 3.31. The van der Waals surface area contributed by atoms with Gasteiger partial charge in [0.2, 0.25) is 5.91 Å². The van der Waals surface area contributed by atoms with Gasteiger partial charge in [-0.2, -0.15) is 0 Å². The normalized spacial score (nSPS) is 16.3. The molecule has 2 aromatic rings. The van der Waals surface area contributed by atoms with Crippen molar-refractivity contribution in [1.29, 1.82) is 0 Å². The molecule has 1 aliphatic carbocycles. The first kappa shape index (κ1) is 11.7. The Morgan fingerprint density at radius 3 is 2.79 bits per heavy atom. The van der Waals surface area contributed by atoms with E-state index in [-0.39, 0.29) is 5.76 Å². The molecule has 0 aromatic carbocycles. The molecule has 0 unspecified atom stereocenters. The number of rotatable bonds is 3. The van der Waals surface area contributed by atoms with Crippen LogP contribution in [-0.2, 0) is 4.79 Å². The van der Waals surface area contributed by atoms with E-state index < -0.39 is 17.4 Å². The fraction of sp³-hybridized carbons (Fsp3) is 0.308. The minimum absolute atomic E-state index is 0.139. The van der Waals surface area contributed by atoms with Crippen molar-refractivity contribution >= 4 is 22.9 Å². The molecule has 19 heavy (non-hydrogen) atoms. The van der Waals surface area contributed by atoms with Crippen molar-refractivity contribution in [2.75, 3.05) is 0 Å². The largest absolute Gasteiger partial charge is 0.449 e. The molecule has 6 heteroatoms. The maximum atomic E-state index is 12.0. The number of furan rings is 1. The first-order chi connectivity index (χ1) is 9.00. The van der Waals surface area contributed by atoms with Gasteiger partial charge in [0.1, 0.15) is 11.1 Å².